The molecule has 0 amide bonds. The van der Waals surface area contributed by atoms with E-state index in [9.17, 15) is 17.4 Å². The van der Waals surface area contributed by atoms with Crippen molar-refractivity contribution in [3.8, 4) is 16.9 Å². The number of benzene rings is 2. The Morgan fingerprint density at radius 2 is 1.71 bits per heavy atom. The van der Waals surface area contributed by atoms with E-state index in [1.165, 1.54) is 12.1 Å². The van der Waals surface area contributed by atoms with Gasteiger partial charge in [0, 0.05) is 18.0 Å². The largest absolute Gasteiger partial charge is 0.416 e. The highest BCUT2D eigenvalue weighted by atomic mass is 32.2. The standard InChI is InChI=1S/C23H24F3NO3S/c1-3-30-13-12-19-14-22(18-6-4-17(5-7-18)15-31(28)29)27(16(19)2)21-10-8-20(9-11-21)23(24,25)26/h4-11,14H,3,12-13,15H2,1-2H3,(H,28,29). The normalized spacial score (nSPS) is 12.8. The first-order valence-electron chi connectivity index (χ1n) is 9.84. The Labute approximate surface area is 182 Å². The minimum atomic E-state index is -4.39. The van der Waals surface area contributed by atoms with E-state index in [0.29, 0.717) is 25.3 Å². The van der Waals surface area contributed by atoms with Crippen molar-refractivity contribution in [2.75, 3.05) is 13.2 Å². The van der Waals surface area contributed by atoms with Crippen LogP contribution in [0.3, 0.4) is 0 Å². The van der Waals surface area contributed by atoms with E-state index in [2.05, 4.69) is 0 Å². The van der Waals surface area contributed by atoms with E-state index in [4.69, 9.17) is 9.29 Å². The Bertz CT molecular complexity index is 1040. The van der Waals surface area contributed by atoms with Crippen molar-refractivity contribution in [1.82, 2.24) is 4.57 Å². The Morgan fingerprint density at radius 1 is 1.06 bits per heavy atom. The molecule has 31 heavy (non-hydrogen) atoms. The molecule has 0 fully saturated rings. The maximum atomic E-state index is 13.0. The number of hydrogen-bond donors (Lipinski definition) is 1. The van der Waals surface area contributed by atoms with Gasteiger partial charge < -0.3 is 13.9 Å². The fourth-order valence-corrected chi connectivity index (χ4v) is 3.97. The third-order valence-electron chi connectivity index (χ3n) is 5.06. The van der Waals surface area contributed by atoms with E-state index in [1.807, 2.05) is 36.6 Å². The van der Waals surface area contributed by atoms with Gasteiger partial charge in [-0.1, -0.05) is 24.3 Å². The topological polar surface area (TPSA) is 51.5 Å². The van der Waals surface area contributed by atoms with Crippen LogP contribution in [0.5, 0.6) is 0 Å². The Balaban J connectivity index is 2.05. The quantitative estimate of drug-likeness (QED) is 0.349. The fourth-order valence-electron chi connectivity index (χ4n) is 3.50. The Kier molecular flexibility index (Phi) is 7.35. The van der Waals surface area contributed by atoms with E-state index < -0.39 is 22.8 Å². The van der Waals surface area contributed by atoms with Gasteiger partial charge in [0.05, 0.1) is 23.6 Å². The van der Waals surface area contributed by atoms with Crippen molar-refractivity contribution < 1.29 is 26.7 Å². The maximum absolute atomic E-state index is 13.0. The first-order valence-corrected chi connectivity index (χ1v) is 11.1. The van der Waals surface area contributed by atoms with E-state index in [0.717, 1.165) is 40.2 Å². The molecule has 0 saturated heterocycles. The van der Waals surface area contributed by atoms with Gasteiger partial charge in [-0.25, -0.2) is 4.21 Å². The summed E-state index contributed by atoms with van der Waals surface area (Å²) in [4.78, 5) is 0. The molecule has 1 heterocycles. The summed E-state index contributed by atoms with van der Waals surface area (Å²) in [5, 5.41) is 0. The van der Waals surface area contributed by atoms with Crippen LogP contribution in [0.2, 0.25) is 0 Å². The summed E-state index contributed by atoms with van der Waals surface area (Å²) in [5.41, 5.74) is 4.33. The van der Waals surface area contributed by atoms with Crippen molar-refractivity contribution in [3.05, 3.63) is 77.0 Å². The molecule has 0 bridgehead atoms. The lowest BCUT2D eigenvalue weighted by atomic mass is 10.1. The summed E-state index contributed by atoms with van der Waals surface area (Å²) >= 11 is -1.93. The first-order chi connectivity index (χ1) is 14.7. The smallest absolute Gasteiger partial charge is 0.381 e. The van der Waals surface area contributed by atoms with Crippen LogP contribution >= 0.6 is 0 Å². The molecule has 1 N–H and O–H groups in total. The molecule has 0 aliphatic rings. The van der Waals surface area contributed by atoms with Crippen LogP contribution in [-0.2, 0) is 34.2 Å². The number of halogens is 3. The zero-order chi connectivity index (χ0) is 22.6. The van der Waals surface area contributed by atoms with E-state index in [1.54, 1.807) is 12.1 Å². The molecule has 0 spiro atoms. The van der Waals surface area contributed by atoms with Crippen molar-refractivity contribution in [1.29, 1.82) is 0 Å². The third kappa shape index (κ3) is 5.64. The monoisotopic (exact) mass is 451 g/mol. The van der Waals surface area contributed by atoms with Crippen LogP contribution < -0.4 is 0 Å². The lowest BCUT2D eigenvalue weighted by molar-refractivity contribution is -0.137. The third-order valence-corrected chi connectivity index (χ3v) is 5.64. The SMILES string of the molecule is CCOCCc1cc(-c2ccc(CS(=O)O)cc2)n(-c2ccc(C(F)(F)F)cc2)c1C. The van der Waals surface area contributed by atoms with Crippen molar-refractivity contribution in [3.63, 3.8) is 0 Å². The van der Waals surface area contributed by atoms with Crippen molar-refractivity contribution in [2.45, 2.75) is 32.2 Å². The highest BCUT2D eigenvalue weighted by molar-refractivity contribution is 7.78. The summed E-state index contributed by atoms with van der Waals surface area (Å²) in [7, 11) is 0. The summed E-state index contributed by atoms with van der Waals surface area (Å²) < 4.78 is 66.5. The number of alkyl halides is 3. The second-order valence-corrected chi connectivity index (χ2v) is 8.06. The van der Waals surface area contributed by atoms with Crippen LogP contribution in [0.15, 0.2) is 54.6 Å². The summed E-state index contributed by atoms with van der Waals surface area (Å²) in [6, 6.07) is 14.4. The molecule has 1 aromatic heterocycles. The van der Waals surface area contributed by atoms with Crippen LogP contribution in [0.25, 0.3) is 16.9 Å². The van der Waals surface area contributed by atoms with Gasteiger partial charge in [0.15, 0.2) is 11.1 Å². The number of ether oxygens (including phenoxy) is 1. The number of aromatic nitrogens is 1. The van der Waals surface area contributed by atoms with Gasteiger partial charge in [0.2, 0.25) is 0 Å². The minimum absolute atomic E-state index is 0.0405. The summed E-state index contributed by atoms with van der Waals surface area (Å²) in [6.07, 6.45) is -3.71. The average molecular weight is 452 g/mol. The predicted molar refractivity (Wildman–Crippen MR) is 116 cm³/mol. The second kappa shape index (κ2) is 9.80. The highest BCUT2D eigenvalue weighted by Crippen LogP contribution is 2.33. The predicted octanol–water partition coefficient (Wildman–Crippen LogP) is 5.77. The second-order valence-electron chi connectivity index (χ2n) is 7.13. The van der Waals surface area contributed by atoms with Gasteiger partial charge in [-0.3, -0.25) is 0 Å². The summed E-state index contributed by atoms with van der Waals surface area (Å²) in [5.74, 6) is 0.0405. The molecular formula is C23H24F3NO3S. The molecule has 2 aromatic carbocycles. The Hall–Kier alpha value is -2.42. The molecule has 0 aliphatic carbocycles. The van der Waals surface area contributed by atoms with Crippen molar-refractivity contribution in [2.24, 2.45) is 0 Å². The van der Waals surface area contributed by atoms with Crippen LogP contribution in [0.4, 0.5) is 13.2 Å². The van der Waals surface area contributed by atoms with Crippen LogP contribution in [-0.4, -0.2) is 26.5 Å². The van der Waals surface area contributed by atoms with Gasteiger partial charge in [0.25, 0.3) is 0 Å². The van der Waals surface area contributed by atoms with Gasteiger partial charge in [0.1, 0.15) is 0 Å². The zero-order valence-electron chi connectivity index (χ0n) is 17.3. The minimum Gasteiger partial charge on any atom is -0.381 e. The molecule has 0 aliphatic heterocycles. The first kappa shape index (κ1) is 23.2. The van der Waals surface area contributed by atoms with E-state index in [-0.39, 0.29) is 5.75 Å². The average Bonchev–Trinajstić information content (AvgIpc) is 3.04. The molecule has 8 heteroatoms. The summed E-state index contributed by atoms with van der Waals surface area (Å²) in [6.45, 7) is 5.02. The fraction of sp³-hybridized carbons (Fsp3) is 0.304. The van der Waals surface area contributed by atoms with Crippen LogP contribution in [0, 0.1) is 6.92 Å². The van der Waals surface area contributed by atoms with Gasteiger partial charge in [-0.2, -0.15) is 13.2 Å². The number of hydrogen-bond acceptors (Lipinski definition) is 2. The molecule has 166 valence electrons. The molecule has 4 nitrogen and oxygen atoms in total. The van der Waals surface area contributed by atoms with Crippen LogP contribution in [0.1, 0.15) is 29.3 Å². The molecule has 0 radical (unpaired) electrons. The van der Waals surface area contributed by atoms with Gasteiger partial charge in [-0.15, -0.1) is 0 Å². The maximum Gasteiger partial charge on any atom is 0.416 e. The lowest BCUT2D eigenvalue weighted by Crippen LogP contribution is -2.06. The van der Waals surface area contributed by atoms with Gasteiger partial charge in [-0.05, 0) is 67.3 Å². The highest BCUT2D eigenvalue weighted by Gasteiger charge is 2.30. The number of rotatable bonds is 8. The molecule has 1 unspecified atom stereocenters. The number of nitrogens with zero attached hydrogens (tertiary/aromatic N) is 1. The van der Waals surface area contributed by atoms with E-state index >= 15 is 0 Å². The molecule has 3 rings (SSSR count). The van der Waals surface area contributed by atoms with Crippen molar-refractivity contribution >= 4 is 11.1 Å². The zero-order valence-corrected chi connectivity index (χ0v) is 18.1. The Morgan fingerprint density at radius 3 is 2.26 bits per heavy atom. The molecule has 1 atom stereocenters. The molecular weight excluding hydrogens is 427 g/mol. The molecule has 0 saturated carbocycles. The molecule has 3 aromatic rings. The van der Waals surface area contributed by atoms with Gasteiger partial charge >= 0.3 is 6.18 Å². The lowest BCUT2D eigenvalue weighted by Gasteiger charge is -2.14.